The Hall–Kier alpha value is -0.610. The number of aromatic nitrogens is 2. The first-order chi connectivity index (χ1) is 6.93. The van der Waals surface area contributed by atoms with E-state index in [4.69, 9.17) is 12.2 Å². The second-order valence-corrected chi connectivity index (χ2v) is 5.04. The number of nitrogens with one attached hydrogen (secondary N) is 1. The summed E-state index contributed by atoms with van der Waals surface area (Å²) in [5, 5.41) is 0. The fraction of sp³-hybridized carbons (Fsp3) is 0.727. The van der Waals surface area contributed by atoms with E-state index >= 15 is 0 Å². The van der Waals surface area contributed by atoms with Crippen molar-refractivity contribution >= 4 is 12.2 Å². The van der Waals surface area contributed by atoms with Crippen LogP contribution in [-0.4, -0.2) is 35.1 Å². The third-order valence-corrected chi connectivity index (χ3v) is 2.82. The summed E-state index contributed by atoms with van der Waals surface area (Å²) in [4.78, 5) is 5.32. The molecule has 1 N–H and O–H groups in total. The van der Waals surface area contributed by atoms with Crippen LogP contribution < -0.4 is 0 Å². The van der Waals surface area contributed by atoms with E-state index in [0.29, 0.717) is 12.0 Å². The van der Waals surface area contributed by atoms with Crippen molar-refractivity contribution in [3.05, 3.63) is 16.7 Å². The second kappa shape index (κ2) is 4.94. The van der Waals surface area contributed by atoms with Gasteiger partial charge in [0.05, 0.1) is 0 Å². The van der Waals surface area contributed by atoms with E-state index in [1.54, 1.807) is 0 Å². The Morgan fingerprint density at radius 2 is 2.00 bits per heavy atom. The lowest BCUT2D eigenvalue weighted by molar-refractivity contribution is 0.330. The van der Waals surface area contributed by atoms with Crippen molar-refractivity contribution in [1.82, 2.24) is 14.5 Å². The summed E-state index contributed by atoms with van der Waals surface area (Å²) in [6.07, 6.45) is 2.03. The van der Waals surface area contributed by atoms with E-state index in [0.717, 1.165) is 11.3 Å². The van der Waals surface area contributed by atoms with Gasteiger partial charge >= 0.3 is 0 Å². The third kappa shape index (κ3) is 2.92. The zero-order valence-electron chi connectivity index (χ0n) is 10.2. The number of imidazole rings is 1. The molecular formula is C11H21N3S. The molecule has 0 saturated heterocycles. The van der Waals surface area contributed by atoms with Gasteiger partial charge in [0.2, 0.25) is 0 Å². The summed E-state index contributed by atoms with van der Waals surface area (Å²) in [6, 6.07) is 0.413. The fourth-order valence-electron chi connectivity index (χ4n) is 1.90. The summed E-state index contributed by atoms with van der Waals surface area (Å²) in [5.74, 6) is 0.502. The molecule has 3 nitrogen and oxygen atoms in total. The highest BCUT2D eigenvalue weighted by molar-refractivity contribution is 7.71. The molecule has 0 fully saturated rings. The predicted octanol–water partition coefficient (Wildman–Crippen LogP) is 2.79. The van der Waals surface area contributed by atoms with Gasteiger partial charge in [0.15, 0.2) is 4.77 Å². The van der Waals surface area contributed by atoms with Crippen molar-refractivity contribution in [3.63, 3.8) is 0 Å². The second-order valence-electron chi connectivity index (χ2n) is 4.65. The topological polar surface area (TPSA) is 24.0 Å². The van der Waals surface area contributed by atoms with Crippen LogP contribution in [-0.2, 0) is 0 Å². The minimum atomic E-state index is 0.413. The maximum absolute atomic E-state index is 5.31. The first kappa shape index (κ1) is 12.5. The molecule has 86 valence electrons. The molecule has 1 atom stereocenters. The molecule has 1 aromatic heterocycles. The average molecular weight is 227 g/mol. The van der Waals surface area contributed by atoms with Crippen LogP contribution in [0.3, 0.4) is 0 Å². The normalized spacial score (nSPS) is 13.8. The number of nitrogens with zero attached hydrogens (tertiary/aromatic N) is 2. The van der Waals surface area contributed by atoms with Gasteiger partial charge in [-0.2, -0.15) is 0 Å². The van der Waals surface area contributed by atoms with Crippen LogP contribution in [0.25, 0.3) is 0 Å². The maximum atomic E-state index is 5.31. The van der Waals surface area contributed by atoms with Crippen molar-refractivity contribution in [3.8, 4) is 0 Å². The van der Waals surface area contributed by atoms with Crippen LogP contribution in [0, 0.1) is 4.77 Å². The van der Waals surface area contributed by atoms with Gasteiger partial charge in [0.1, 0.15) is 0 Å². The van der Waals surface area contributed by atoms with E-state index in [2.05, 4.69) is 49.3 Å². The quantitative estimate of drug-likeness (QED) is 0.800. The zero-order valence-corrected chi connectivity index (χ0v) is 11.1. The van der Waals surface area contributed by atoms with Crippen LogP contribution in [0.1, 0.15) is 38.4 Å². The molecule has 4 heteroatoms. The van der Waals surface area contributed by atoms with Crippen molar-refractivity contribution in [1.29, 1.82) is 0 Å². The van der Waals surface area contributed by atoms with Gasteiger partial charge in [-0.1, -0.05) is 13.8 Å². The van der Waals surface area contributed by atoms with Gasteiger partial charge in [0, 0.05) is 24.5 Å². The summed E-state index contributed by atoms with van der Waals surface area (Å²) in [7, 11) is 4.17. The average Bonchev–Trinajstić information content (AvgIpc) is 2.45. The summed E-state index contributed by atoms with van der Waals surface area (Å²) >= 11 is 5.31. The Morgan fingerprint density at radius 3 is 2.47 bits per heavy atom. The standard InChI is InChI=1S/C11H21N3S/c1-8(2)10-6-12-11(15)14(10)9(3)7-13(4)5/h6,8-9H,7H2,1-5H3,(H,12,15). The molecule has 0 aromatic carbocycles. The van der Waals surface area contributed by atoms with E-state index in [9.17, 15) is 0 Å². The van der Waals surface area contributed by atoms with Crippen LogP contribution in [0.4, 0.5) is 0 Å². The number of hydrogen-bond donors (Lipinski definition) is 1. The summed E-state index contributed by atoms with van der Waals surface area (Å²) < 4.78 is 3.05. The molecular weight excluding hydrogens is 206 g/mol. The molecule has 1 unspecified atom stereocenters. The SMILES string of the molecule is CC(C)c1c[nH]c(=S)n1C(C)CN(C)C. The van der Waals surface area contributed by atoms with Gasteiger partial charge in [-0.05, 0) is 39.2 Å². The Balaban J connectivity index is 3.01. The molecule has 0 saturated carbocycles. The Kier molecular flexibility index (Phi) is 4.11. The number of rotatable bonds is 4. The third-order valence-electron chi connectivity index (χ3n) is 2.50. The molecule has 0 bridgehead atoms. The van der Waals surface area contributed by atoms with Crippen LogP contribution in [0.5, 0.6) is 0 Å². The monoisotopic (exact) mass is 227 g/mol. The molecule has 1 rings (SSSR count). The molecule has 0 amide bonds. The van der Waals surface area contributed by atoms with Crippen LogP contribution in [0.2, 0.25) is 0 Å². The largest absolute Gasteiger partial charge is 0.337 e. The van der Waals surface area contributed by atoms with Crippen LogP contribution >= 0.6 is 12.2 Å². The molecule has 1 heterocycles. The maximum Gasteiger partial charge on any atom is 0.177 e. The summed E-state index contributed by atoms with van der Waals surface area (Å²) in [5.41, 5.74) is 1.29. The lowest BCUT2D eigenvalue weighted by atomic mass is 10.1. The first-order valence-electron chi connectivity index (χ1n) is 5.38. The molecule has 0 radical (unpaired) electrons. The molecule has 0 aliphatic rings. The molecule has 1 aromatic rings. The van der Waals surface area contributed by atoms with Gasteiger partial charge < -0.3 is 14.5 Å². The fourth-order valence-corrected chi connectivity index (χ4v) is 2.25. The van der Waals surface area contributed by atoms with Crippen LogP contribution in [0.15, 0.2) is 6.20 Å². The molecule has 0 spiro atoms. The highest BCUT2D eigenvalue weighted by atomic mass is 32.1. The minimum absolute atomic E-state index is 0.413. The van der Waals surface area contributed by atoms with Gasteiger partial charge in [0.25, 0.3) is 0 Å². The zero-order chi connectivity index (χ0) is 11.6. The minimum Gasteiger partial charge on any atom is -0.337 e. The van der Waals surface area contributed by atoms with Crippen molar-refractivity contribution in [2.75, 3.05) is 20.6 Å². The number of H-pyrrole nitrogens is 1. The van der Waals surface area contributed by atoms with Gasteiger partial charge in [-0.15, -0.1) is 0 Å². The lowest BCUT2D eigenvalue weighted by Crippen LogP contribution is -2.23. The van der Waals surface area contributed by atoms with Crippen molar-refractivity contribution in [2.24, 2.45) is 0 Å². The van der Waals surface area contributed by atoms with E-state index < -0.39 is 0 Å². The highest BCUT2D eigenvalue weighted by Crippen LogP contribution is 2.19. The summed E-state index contributed by atoms with van der Waals surface area (Å²) in [6.45, 7) is 7.59. The highest BCUT2D eigenvalue weighted by Gasteiger charge is 2.13. The smallest absolute Gasteiger partial charge is 0.177 e. The van der Waals surface area contributed by atoms with Gasteiger partial charge in [-0.3, -0.25) is 0 Å². The molecule has 15 heavy (non-hydrogen) atoms. The van der Waals surface area contributed by atoms with E-state index in [-0.39, 0.29) is 0 Å². The first-order valence-corrected chi connectivity index (χ1v) is 5.78. The van der Waals surface area contributed by atoms with Crippen molar-refractivity contribution < 1.29 is 0 Å². The van der Waals surface area contributed by atoms with E-state index in [1.807, 2.05) is 6.20 Å². The number of aromatic amines is 1. The lowest BCUT2D eigenvalue weighted by Gasteiger charge is -2.21. The molecule has 0 aliphatic heterocycles. The van der Waals surface area contributed by atoms with E-state index in [1.165, 1.54) is 5.69 Å². The number of likely N-dealkylation sites (N-methyl/N-ethyl adjacent to an activating group) is 1. The Morgan fingerprint density at radius 1 is 1.40 bits per heavy atom. The Bertz CT molecular complexity index is 362. The predicted molar refractivity (Wildman–Crippen MR) is 67.0 cm³/mol. The Labute approximate surface area is 97.1 Å². The molecule has 0 aliphatic carbocycles. The van der Waals surface area contributed by atoms with Gasteiger partial charge in [-0.25, -0.2) is 0 Å². The van der Waals surface area contributed by atoms with Crippen molar-refractivity contribution in [2.45, 2.75) is 32.7 Å². The number of hydrogen-bond acceptors (Lipinski definition) is 2.